The van der Waals surface area contributed by atoms with Crippen LogP contribution >= 0.6 is 35.7 Å². The second-order valence-electron chi connectivity index (χ2n) is 8.51. The highest BCUT2D eigenvalue weighted by atomic mass is 127. The lowest BCUT2D eigenvalue weighted by molar-refractivity contribution is -0.119. The van der Waals surface area contributed by atoms with Gasteiger partial charge in [-0.2, -0.15) is 11.8 Å². The number of piperidine rings is 1. The summed E-state index contributed by atoms with van der Waals surface area (Å²) in [6.45, 7) is 7.44. The molecule has 0 aliphatic carbocycles. The van der Waals surface area contributed by atoms with E-state index in [2.05, 4.69) is 37.2 Å². The molecule has 0 saturated carbocycles. The zero-order valence-electron chi connectivity index (χ0n) is 16.9. The molecule has 4 rings (SSSR count). The quantitative estimate of drug-likeness (QED) is 0.327. The summed E-state index contributed by atoms with van der Waals surface area (Å²) in [7, 11) is 1.88. The van der Waals surface area contributed by atoms with E-state index in [1.807, 2.05) is 7.05 Å². The molecule has 7 nitrogen and oxygen atoms in total. The number of hydrogen-bond acceptors (Lipinski definition) is 5. The van der Waals surface area contributed by atoms with Gasteiger partial charge in [0.05, 0.1) is 13.2 Å². The first-order valence-electron chi connectivity index (χ1n) is 10.3. The topological polar surface area (TPSA) is 69.2 Å². The van der Waals surface area contributed by atoms with Crippen molar-refractivity contribution in [3.05, 3.63) is 0 Å². The Kier molecular flexibility index (Phi) is 7.77. The van der Waals surface area contributed by atoms with E-state index in [4.69, 9.17) is 4.74 Å². The maximum Gasteiger partial charge on any atom is 0.220 e. The largest absolute Gasteiger partial charge is 0.379 e. The monoisotopic (exact) mass is 523 g/mol. The van der Waals surface area contributed by atoms with Crippen molar-refractivity contribution in [2.45, 2.75) is 31.2 Å². The first-order chi connectivity index (χ1) is 13.1. The standard InChI is InChI=1S/C19H33N5O2S.HI/c1-20-17(23-5-2-3-18(14-23)11-16(25)21-12-18)22-13-19(4-10-27-15-19)24-6-8-26-9-7-24;/h2-15H2,1H3,(H,20,22)(H,21,25);1H. The van der Waals surface area contributed by atoms with Gasteiger partial charge in [-0.25, -0.2) is 0 Å². The van der Waals surface area contributed by atoms with Gasteiger partial charge in [0.2, 0.25) is 5.91 Å². The Balaban J connectivity index is 0.00000225. The SMILES string of the molecule is CN=C(NCC1(N2CCOCC2)CCSC1)N1CCCC2(CNC(=O)C2)C1.I. The van der Waals surface area contributed by atoms with Crippen LogP contribution in [0.4, 0.5) is 0 Å². The molecule has 28 heavy (non-hydrogen) atoms. The van der Waals surface area contributed by atoms with Gasteiger partial charge in [0, 0.05) is 69.4 Å². The molecule has 1 amide bonds. The highest BCUT2D eigenvalue weighted by molar-refractivity contribution is 14.0. The molecule has 4 aliphatic rings. The van der Waals surface area contributed by atoms with Crippen molar-refractivity contribution < 1.29 is 9.53 Å². The Bertz CT molecular complexity index is 581. The fourth-order valence-corrected chi connectivity index (χ4v) is 6.62. The van der Waals surface area contributed by atoms with Crippen LogP contribution in [-0.2, 0) is 9.53 Å². The normalized spacial score (nSPS) is 34.4. The second kappa shape index (κ2) is 9.70. The number of rotatable bonds is 3. The Hall–Kier alpha value is -0.260. The van der Waals surface area contributed by atoms with Gasteiger partial charge in [0.1, 0.15) is 0 Å². The van der Waals surface area contributed by atoms with Crippen LogP contribution < -0.4 is 10.6 Å². The maximum absolute atomic E-state index is 11.8. The Morgan fingerprint density at radius 2 is 2.14 bits per heavy atom. The van der Waals surface area contributed by atoms with Crippen LogP contribution in [0.3, 0.4) is 0 Å². The zero-order chi connectivity index (χ0) is 18.7. The fourth-order valence-electron chi connectivity index (χ4n) is 5.14. The molecule has 2 N–H and O–H groups in total. The van der Waals surface area contributed by atoms with Crippen molar-refractivity contribution in [3.63, 3.8) is 0 Å². The molecule has 0 aromatic heterocycles. The molecule has 2 unspecified atom stereocenters. The minimum Gasteiger partial charge on any atom is -0.379 e. The number of ether oxygens (including phenoxy) is 1. The number of nitrogens with one attached hydrogen (secondary N) is 2. The number of amides is 1. The first-order valence-corrected chi connectivity index (χ1v) is 11.4. The number of halogens is 1. The smallest absolute Gasteiger partial charge is 0.220 e. The fraction of sp³-hybridized carbons (Fsp3) is 0.895. The minimum atomic E-state index is 0. The van der Waals surface area contributed by atoms with E-state index in [1.54, 1.807) is 0 Å². The number of guanidine groups is 1. The summed E-state index contributed by atoms with van der Waals surface area (Å²) in [4.78, 5) is 21.4. The van der Waals surface area contributed by atoms with Crippen LogP contribution in [0.2, 0.25) is 0 Å². The molecular formula is C19H34IN5O2S. The molecule has 4 fully saturated rings. The Labute approximate surface area is 189 Å². The van der Waals surface area contributed by atoms with Gasteiger partial charge in [0.25, 0.3) is 0 Å². The van der Waals surface area contributed by atoms with E-state index >= 15 is 0 Å². The van der Waals surface area contributed by atoms with Crippen LogP contribution in [0.25, 0.3) is 0 Å². The average molecular weight is 523 g/mol. The van der Waals surface area contributed by atoms with Crippen molar-refractivity contribution >= 4 is 47.6 Å². The molecule has 0 aromatic rings. The van der Waals surface area contributed by atoms with Crippen LogP contribution in [0.1, 0.15) is 25.7 Å². The average Bonchev–Trinajstić information content (AvgIpc) is 3.31. The lowest BCUT2D eigenvalue weighted by Gasteiger charge is -2.45. The van der Waals surface area contributed by atoms with Gasteiger partial charge in [0.15, 0.2) is 5.96 Å². The summed E-state index contributed by atoms with van der Waals surface area (Å²) in [6, 6.07) is 0. The minimum absolute atomic E-state index is 0. The predicted octanol–water partition coefficient (Wildman–Crippen LogP) is 0.990. The lowest BCUT2D eigenvalue weighted by atomic mass is 9.79. The predicted molar refractivity (Wildman–Crippen MR) is 125 cm³/mol. The molecule has 0 aromatic carbocycles. The van der Waals surface area contributed by atoms with E-state index < -0.39 is 0 Å². The summed E-state index contributed by atoms with van der Waals surface area (Å²) in [5.41, 5.74) is 0.306. The van der Waals surface area contributed by atoms with Crippen LogP contribution in [0.5, 0.6) is 0 Å². The van der Waals surface area contributed by atoms with E-state index in [-0.39, 0.29) is 40.8 Å². The van der Waals surface area contributed by atoms with Crippen LogP contribution in [-0.4, -0.2) is 98.2 Å². The van der Waals surface area contributed by atoms with E-state index in [0.717, 1.165) is 71.3 Å². The third-order valence-corrected chi connectivity index (χ3v) is 7.94. The summed E-state index contributed by atoms with van der Waals surface area (Å²) < 4.78 is 5.57. The zero-order valence-corrected chi connectivity index (χ0v) is 20.0. The summed E-state index contributed by atoms with van der Waals surface area (Å²) >= 11 is 2.06. The van der Waals surface area contributed by atoms with Crippen molar-refractivity contribution in [3.8, 4) is 0 Å². The van der Waals surface area contributed by atoms with Crippen LogP contribution in [0, 0.1) is 5.41 Å². The Morgan fingerprint density at radius 3 is 2.79 bits per heavy atom. The first kappa shape index (κ1) is 22.4. The lowest BCUT2D eigenvalue weighted by Crippen LogP contribution is -2.61. The number of carbonyl (C=O) groups excluding carboxylic acids is 1. The number of aliphatic imine (C=N–C) groups is 1. The Morgan fingerprint density at radius 1 is 1.32 bits per heavy atom. The molecule has 160 valence electrons. The summed E-state index contributed by atoms with van der Waals surface area (Å²) in [6.07, 6.45) is 4.15. The van der Waals surface area contributed by atoms with Crippen molar-refractivity contribution in [1.29, 1.82) is 0 Å². The number of carbonyl (C=O) groups is 1. The number of morpholine rings is 1. The molecule has 0 bridgehead atoms. The van der Waals surface area contributed by atoms with E-state index in [9.17, 15) is 4.79 Å². The van der Waals surface area contributed by atoms with Gasteiger partial charge in [-0.3, -0.25) is 14.7 Å². The molecule has 1 spiro atoms. The molecule has 2 atom stereocenters. The highest BCUT2D eigenvalue weighted by Crippen LogP contribution is 2.36. The maximum atomic E-state index is 11.8. The van der Waals surface area contributed by atoms with Gasteiger partial charge in [-0.1, -0.05) is 0 Å². The second-order valence-corrected chi connectivity index (χ2v) is 9.61. The van der Waals surface area contributed by atoms with Gasteiger partial charge in [-0.15, -0.1) is 24.0 Å². The third-order valence-electron chi connectivity index (χ3n) is 6.71. The van der Waals surface area contributed by atoms with Crippen molar-refractivity contribution in [1.82, 2.24) is 20.4 Å². The molecular weight excluding hydrogens is 489 g/mol. The number of nitrogens with zero attached hydrogens (tertiary/aromatic N) is 3. The molecule has 4 heterocycles. The molecule has 4 saturated heterocycles. The molecule has 9 heteroatoms. The summed E-state index contributed by atoms with van der Waals surface area (Å²) in [5, 5.41) is 6.75. The van der Waals surface area contributed by atoms with Crippen LogP contribution in [0.15, 0.2) is 4.99 Å². The number of thioether (sulfide) groups is 1. The third kappa shape index (κ3) is 4.73. The van der Waals surface area contributed by atoms with Gasteiger partial charge >= 0.3 is 0 Å². The number of likely N-dealkylation sites (tertiary alicyclic amines) is 1. The summed E-state index contributed by atoms with van der Waals surface area (Å²) in [5.74, 6) is 3.62. The van der Waals surface area contributed by atoms with Crippen molar-refractivity contribution in [2.24, 2.45) is 10.4 Å². The molecule has 4 aliphatic heterocycles. The highest BCUT2D eigenvalue weighted by Gasteiger charge is 2.44. The van der Waals surface area contributed by atoms with Gasteiger partial charge in [-0.05, 0) is 25.0 Å². The van der Waals surface area contributed by atoms with E-state index in [0.29, 0.717) is 6.42 Å². The van der Waals surface area contributed by atoms with Crippen molar-refractivity contribution in [2.75, 3.05) is 71.0 Å². The number of hydrogen-bond donors (Lipinski definition) is 2. The van der Waals surface area contributed by atoms with Gasteiger partial charge < -0.3 is 20.3 Å². The van der Waals surface area contributed by atoms with E-state index in [1.165, 1.54) is 17.9 Å². The molecule has 0 radical (unpaired) electrons.